The summed E-state index contributed by atoms with van der Waals surface area (Å²) in [6.45, 7) is 1.96. The molecule has 7 nitrogen and oxygen atoms in total. The Balaban J connectivity index is 1.67. The van der Waals surface area contributed by atoms with Gasteiger partial charge in [-0.1, -0.05) is 47.7 Å². The molecule has 0 spiro atoms. The van der Waals surface area contributed by atoms with Gasteiger partial charge in [0.05, 0.1) is 16.8 Å². The van der Waals surface area contributed by atoms with Crippen molar-refractivity contribution in [2.24, 2.45) is 0 Å². The van der Waals surface area contributed by atoms with Crippen LogP contribution >= 0.6 is 11.8 Å². The van der Waals surface area contributed by atoms with Gasteiger partial charge in [0.1, 0.15) is 10.7 Å². The topological polar surface area (TPSA) is 115 Å². The molecule has 0 bridgehead atoms. The van der Waals surface area contributed by atoms with E-state index in [1.807, 2.05) is 31.2 Å². The Bertz CT molecular complexity index is 1090. The first-order chi connectivity index (χ1) is 13.4. The van der Waals surface area contributed by atoms with Gasteiger partial charge < -0.3 is 11.1 Å². The molecule has 9 heteroatoms. The van der Waals surface area contributed by atoms with Crippen molar-refractivity contribution >= 4 is 39.0 Å². The average Bonchev–Trinajstić information content (AvgIpc) is 2.69. The number of nitrogens with two attached hydrogens (primary N) is 1. The van der Waals surface area contributed by atoms with E-state index in [1.54, 1.807) is 18.2 Å². The minimum absolute atomic E-state index is 0.0676. The second-order valence-electron chi connectivity index (χ2n) is 5.92. The smallest absolute Gasteiger partial charge is 0.234 e. The van der Waals surface area contributed by atoms with Crippen molar-refractivity contribution in [3.63, 3.8) is 0 Å². The fraction of sp³-hybridized carbons (Fsp3) is 0.105. The Labute approximate surface area is 167 Å². The zero-order valence-electron chi connectivity index (χ0n) is 15.0. The van der Waals surface area contributed by atoms with Crippen LogP contribution in [-0.4, -0.2) is 30.0 Å². The molecule has 1 aromatic heterocycles. The van der Waals surface area contributed by atoms with Gasteiger partial charge in [0.2, 0.25) is 15.7 Å². The summed E-state index contributed by atoms with van der Waals surface area (Å²) in [6.07, 6.45) is 1.17. The van der Waals surface area contributed by atoms with Crippen molar-refractivity contribution in [3.8, 4) is 0 Å². The molecule has 3 N–H and O–H groups in total. The van der Waals surface area contributed by atoms with Crippen molar-refractivity contribution < 1.29 is 13.2 Å². The standard InChI is InChI=1S/C19H18N4O3S2/c1-13-7-9-14(10-8-13)22-17(24)12-27-19-21-11-16(18(20)23-19)28(25,26)15-5-3-2-4-6-15/h2-11H,12H2,1H3,(H,22,24)(H2,20,21,23). The Kier molecular flexibility index (Phi) is 5.96. The number of thioether (sulfide) groups is 1. The monoisotopic (exact) mass is 414 g/mol. The molecule has 0 saturated heterocycles. The van der Waals surface area contributed by atoms with Gasteiger partial charge in [-0.25, -0.2) is 18.4 Å². The lowest BCUT2D eigenvalue weighted by Gasteiger charge is -2.08. The highest BCUT2D eigenvalue weighted by molar-refractivity contribution is 7.99. The summed E-state index contributed by atoms with van der Waals surface area (Å²) in [6, 6.07) is 15.4. The van der Waals surface area contributed by atoms with Gasteiger partial charge in [0.25, 0.3) is 0 Å². The van der Waals surface area contributed by atoms with Crippen LogP contribution in [0.5, 0.6) is 0 Å². The summed E-state index contributed by atoms with van der Waals surface area (Å²) < 4.78 is 25.3. The van der Waals surface area contributed by atoms with E-state index in [1.165, 1.54) is 18.3 Å². The average molecular weight is 415 g/mol. The fourth-order valence-electron chi connectivity index (χ4n) is 2.33. The van der Waals surface area contributed by atoms with E-state index in [9.17, 15) is 13.2 Å². The normalized spacial score (nSPS) is 11.2. The first-order valence-electron chi connectivity index (χ1n) is 8.28. The van der Waals surface area contributed by atoms with Crippen molar-refractivity contribution in [1.82, 2.24) is 9.97 Å². The summed E-state index contributed by atoms with van der Waals surface area (Å²) in [5, 5.41) is 2.99. The van der Waals surface area contributed by atoms with E-state index in [0.29, 0.717) is 5.69 Å². The maximum Gasteiger partial charge on any atom is 0.234 e. The Morgan fingerprint density at radius 2 is 1.79 bits per heavy atom. The number of nitrogens with one attached hydrogen (secondary N) is 1. The van der Waals surface area contributed by atoms with Gasteiger partial charge in [0, 0.05) is 5.69 Å². The number of carbonyl (C=O) groups excluding carboxylic acids is 1. The quantitative estimate of drug-likeness (QED) is 0.471. The number of hydrogen-bond acceptors (Lipinski definition) is 7. The molecule has 0 aliphatic carbocycles. The number of benzene rings is 2. The SMILES string of the molecule is Cc1ccc(NC(=O)CSc2ncc(S(=O)(=O)c3ccccc3)c(N)n2)cc1. The van der Waals surface area contributed by atoms with Crippen molar-refractivity contribution in [2.75, 3.05) is 16.8 Å². The van der Waals surface area contributed by atoms with Gasteiger partial charge in [0.15, 0.2) is 5.16 Å². The second kappa shape index (κ2) is 8.41. The molecular formula is C19H18N4O3S2. The van der Waals surface area contributed by atoms with Crippen LogP contribution in [0.2, 0.25) is 0 Å². The molecule has 3 rings (SSSR count). The minimum Gasteiger partial charge on any atom is -0.382 e. The van der Waals surface area contributed by atoms with Crippen molar-refractivity contribution in [1.29, 1.82) is 0 Å². The molecule has 0 fully saturated rings. The second-order valence-corrected chi connectivity index (χ2v) is 8.78. The van der Waals surface area contributed by atoms with Crippen LogP contribution in [0, 0.1) is 6.92 Å². The Hall–Kier alpha value is -2.91. The predicted octanol–water partition coefficient (Wildman–Crippen LogP) is 2.93. The van der Waals surface area contributed by atoms with Gasteiger partial charge in [-0.05, 0) is 31.2 Å². The summed E-state index contributed by atoms with van der Waals surface area (Å²) >= 11 is 1.07. The lowest BCUT2D eigenvalue weighted by molar-refractivity contribution is -0.113. The summed E-state index contributed by atoms with van der Waals surface area (Å²) in [4.78, 5) is 20.1. The van der Waals surface area contributed by atoms with Crippen LogP contribution in [0.15, 0.2) is 75.7 Å². The van der Waals surface area contributed by atoms with Crippen LogP contribution in [0.25, 0.3) is 0 Å². The summed E-state index contributed by atoms with van der Waals surface area (Å²) in [7, 11) is -3.80. The number of anilines is 2. The molecule has 0 atom stereocenters. The maximum atomic E-state index is 12.6. The molecule has 2 aromatic carbocycles. The number of hydrogen-bond donors (Lipinski definition) is 2. The number of nitrogens with zero attached hydrogens (tertiary/aromatic N) is 2. The van der Waals surface area contributed by atoms with Crippen molar-refractivity contribution in [2.45, 2.75) is 21.9 Å². The van der Waals surface area contributed by atoms with Gasteiger partial charge >= 0.3 is 0 Å². The Morgan fingerprint density at radius 1 is 1.11 bits per heavy atom. The van der Waals surface area contributed by atoms with E-state index in [2.05, 4.69) is 15.3 Å². The highest BCUT2D eigenvalue weighted by atomic mass is 32.2. The third-order valence-electron chi connectivity index (χ3n) is 3.77. The largest absolute Gasteiger partial charge is 0.382 e. The minimum atomic E-state index is -3.80. The lowest BCUT2D eigenvalue weighted by Crippen LogP contribution is -2.14. The number of sulfone groups is 1. The zero-order valence-corrected chi connectivity index (χ0v) is 16.6. The van der Waals surface area contributed by atoms with Crippen LogP contribution < -0.4 is 11.1 Å². The highest BCUT2D eigenvalue weighted by Gasteiger charge is 2.22. The first kappa shape index (κ1) is 19.8. The molecule has 0 aliphatic heterocycles. The van der Waals surface area contributed by atoms with E-state index in [4.69, 9.17) is 5.73 Å². The number of aromatic nitrogens is 2. The van der Waals surface area contributed by atoms with E-state index >= 15 is 0 Å². The third kappa shape index (κ3) is 4.68. The molecular weight excluding hydrogens is 396 g/mol. The number of rotatable bonds is 6. The number of amides is 1. The highest BCUT2D eigenvalue weighted by Crippen LogP contribution is 2.25. The summed E-state index contributed by atoms with van der Waals surface area (Å²) in [5.74, 6) is -0.310. The van der Waals surface area contributed by atoms with E-state index in [0.717, 1.165) is 17.3 Å². The van der Waals surface area contributed by atoms with Gasteiger partial charge in [-0.2, -0.15) is 0 Å². The van der Waals surface area contributed by atoms with Crippen LogP contribution in [-0.2, 0) is 14.6 Å². The third-order valence-corrected chi connectivity index (χ3v) is 6.42. The lowest BCUT2D eigenvalue weighted by atomic mass is 10.2. The van der Waals surface area contributed by atoms with Crippen molar-refractivity contribution in [3.05, 3.63) is 66.4 Å². The number of carbonyl (C=O) groups is 1. The Morgan fingerprint density at radius 3 is 2.43 bits per heavy atom. The maximum absolute atomic E-state index is 12.6. The van der Waals surface area contributed by atoms with E-state index < -0.39 is 9.84 Å². The van der Waals surface area contributed by atoms with Gasteiger partial charge in [-0.3, -0.25) is 4.79 Å². The molecule has 144 valence electrons. The van der Waals surface area contributed by atoms with Crippen LogP contribution in [0.3, 0.4) is 0 Å². The molecule has 0 unspecified atom stereocenters. The van der Waals surface area contributed by atoms with Gasteiger partial charge in [-0.15, -0.1) is 0 Å². The van der Waals surface area contributed by atoms with E-state index in [-0.39, 0.29) is 32.4 Å². The predicted molar refractivity (Wildman–Crippen MR) is 109 cm³/mol. The zero-order chi connectivity index (χ0) is 20.1. The fourth-order valence-corrected chi connectivity index (χ4v) is 4.24. The summed E-state index contributed by atoms with van der Waals surface area (Å²) in [5.41, 5.74) is 7.64. The molecule has 0 saturated carbocycles. The number of nitrogen functional groups attached to an aromatic ring is 1. The van der Waals surface area contributed by atoms with Crippen LogP contribution in [0.4, 0.5) is 11.5 Å². The number of aryl methyl sites for hydroxylation is 1. The molecule has 1 heterocycles. The first-order valence-corrected chi connectivity index (χ1v) is 10.7. The molecule has 0 aliphatic rings. The molecule has 0 radical (unpaired) electrons. The van der Waals surface area contributed by atoms with Crippen LogP contribution in [0.1, 0.15) is 5.56 Å². The molecule has 28 heavy (non-hydrogen) atoms. The molecule has 3 aromatic rings. The molecule has 1 amide bonds.